The molecule has 1 aliphatic heterocycles. The van der Waals surface area contributed by atoms with E-state index < -0.39 is 0 Å². The lowest BCUT2D eigenvalue weighted by atomic mass is 10.0. The number of hydrogen-bond donors (Lipinski definition) is 1. The lowest BCUT2D eigenvalue weighted by Crippen LogP contribution is -2.51. The van der Waals surface area contributed by atoms with Gasteiger partial charge in [0.1, 0.15) is 0 Å². The van der Waals surface area contributed by atoms with E-state index in [-0.39, 0.29) is 6.61 Å². The molecule has 106 valence electrons. The van der Waals surface area contributed by atoms with Crippen LogP contribution in [-0.2, 0) is 0 Å². The van der Waals surface area contributed by atoms with Gasteiger partial charge in [0.15, 0.2) is 0 Å². The van der Waals surface area contributed by atoms with E-state index >= 15 is 0 Å². The fourth-order valence-corrected chi connectivity index (χ4v) is 2.71. The van der Waals surface area contributed by atoms with Gasteiger partial charge in [-0.1, -0.05) is 26.0 Å². The number of anilines is 1. The highest BCUT2D eigenvalue weighted by Crippen LogP contribution is 2.22. The SMILES string of the molecule is CC(C)c1ccc(N2CCN(C)C(CCO)C2)cc1. The summed E-state index contributed by atoms with van der Waals surface area (Å²) in [6.45, 7) is 7.87. The summed E-state index contributed by atoms with van der Waals surface area (Å²) < 4.78 is 0. The average molecular weight is 262 g/mol. The predicted molar refractivity (Wildman–Crippen MR) is 80.9 cm³/mol. The first-order chi connectivity index (χ1) is 9.11. The van der Waals surface area contributed by atoms with Crippen molar-refractivity contribution in [2.24, 2.45) is 0 Å². The fourth-order valence-electron chi connectivity index (χ4n) is 2.71. The Balaban J connectivity index is 2.05. The van der Waals surface area contributed by atoms with Crippen molar-refractivity contribution in [2.45, 2.75) is 32.2 Å². The van der Waals surface area contributed by atoms with Gasteiger partial charge in [0, 0.05) is 38.0 Å². The van der Waals surface area contributed by atoms with Crippen molar-refractivity contribution in [1.29, 1.82) is 0 Å². The van der Waals surface area contributed by atoms with E-state index in [4.69, 9.17) is 5.11 Å². The molecule has 0 aromatic heterocycles. The van der Waals surface area contributed by atoms with Gasteiger partial charge in [0.05, 0.1) is 0 Å². The zero-order valence-electron chi connectivity index (χ0n) is 12.3. The van der Waals surface area contributed by atoms with Gasteiger partial charge in [0.2, 0.25) is 0 Å². The standard InChI is InChI=1S/C16H26N2O/c1-13(2)14-4-6-15(7-5-14)18-10-9-17(3)16(12-18)8-11-19/h4-7,13,16,19H,8-12H2,1-3H3. The Hall–Kier alpha value is -1.06. The number of aliphatic hydroxyl groups is 1. The van der Waals surface area contributed by atoms with Crippen LogP contribution >= 0.6 is 0 Å². The highest BCUT2D eigenvalue weighted by Gasteiger charge is 2.23. The first-order valence-corrected chi connectivity index (χ1v) is 7.28. The van der Waals surface area contributed by atoms with Gasteiger partial charge in [0.25, 0.3) is 0 Å². The molecular weight excluding hydrogens is 236 g/mol. The van der Waals surface area contributed by atoms with Gasteiger partial charge in [-0.3, -0.25) is 4.90 Å². The van der Waals surface area contributed by atoms with E-state index in [1.807, 2.05) is 0 Å². The Morgan fingerprint density at radius 1 is 1.21 bits per heavy atom. The highest BCUT2D eigenvalue weighted by molar-refractivity contribution is 5.48. The Morgan fingerprint density at radius 3 is 2.47 bits per heavy atom. The van der Waals surface area contributed by atoms with Crippen LogP contribution in [0, 0.1) is 0 Å². The molecule has 0 radical (unpaired) electrons. The third-order valence-electron chi connectivity index (χ3n) is 4.16. The first kappa shape index (κ1) is 14.4. The molecule has 1 saturated heterocycles. The average Bonchev–Trinajstić information content (AvgIpc) is 2.41. The molecule has 3 nitrogen and oxygen atoms in total. The van der Waals surface area contributed by atoms with Crippen LogP contribution in [0.1, 0.15) is 31.7 Å². The summed E-state index contributed by atoms with van der Waals surface area (Å²) in [4.78, 5) is 4.79. The number of hydrogen-bond acceptors (Lipinski definition) is 3. The molecule has 2 rings (SSSR count). The van der Waals surface area contributed by atoms with E-state index in [1.165, 1.54) is 11.3 Å². The predicted octanol–water partition coefficient (Wildman–Crippen LogP) is 2.31. The molecule has 1 aromatic rings. The van der Waals surface area contributed by atoms with Gasteiger partial charge >= 0.3 is 0 Å². The summed E-state index contributed by atoms with van der Waals surface area (Å²) in [6.07, 6.45) is 0.858. The zero-order chi connectivity index (χ0) is 13.8. The van der Waals surface area contributed by atoms with Crippen LogP contribution in [0.25, 0.3) is 0 Å². The summed E-state index contributed by atoms with van der Waals surface area (Å²) in [6, 6.07) is 9.40. The molecule has 1 N–H and O–H groups in total. The third-order valence-corrected chi connectivity index (χ3v) is 4.16. The molecule has 3 heteroatoms. The molecule has 1 aromatic carbocycles. The fraction of sp³-hybridized carbons (Fsp3) is 0.625. The van der Waals surface area contributed by atoms with E-state index in [1.54, 1.807) is 0 Å². The zero-order valence-corrected chi connectivity index (χ0v) is 12.3. The Bertz CT molecular complexity index is 388. The van der Waals surface area contributed by atoms with Gasteiger partial charge < -0.3 is 10.0 Å². The molecule has 0 aliphatic carbocycles. The lowest BCUT2D eigenvalue weighted by molar-refractivity contribution is 0.171. The molecule has 1 aliphatic rings. The van der Waals surface area contributed by atoms with Gasteiger partial charge in [-0.05, 0) is 37.1 Å². The molecule has 0 amide bonds. The molecule has 0 saturated carbocycles. The van der Waals surface area contributed by atoms with Crippen LogP contribution in [0.2, 0.25) is 0 Å². The van der Waals surface area contributed by atoms with Gasteiger partial charge in [-0.2, -0.15) is 0 Å². The smallest absolute Gasteiger partial charge is 0.0446 e. The van der Waals surface area contributed by atoms with E-state index in [2.05, 4.69) is 55.0 Å². The summed E-state index contributed by atoms with van der Waals surface area (Å²) in [5.41, 5.74) is 2.70. The summed E-state index contributed by atoms with van der Waals surface area (Å²) in [5.74, 6) is 0.587. The minimum Gasteiger partial charge on any atom is -0.396 e. The second-order valence-corrected chi connectivity index (χ2v) is 5.84. The van der Waals surface area contributed by atoms with E-state index in [9.17, 15) is 0 Å². The Kier molecular flexibility index (Phi) is 4.83. The van der Waals surface area contributed by atoms with Crippen LogP contribution in [0.3, 0.4) is 0 Å². The van der Waals surface area contributed by atoms with Crippen LogP contribution in [-0.4, -0.2) is 49.3 Å². The van der Waals surface area contributed by atoms with Crippen molar-refractivity contribution in [3.05, 3.63) is 29.8 Å². The van der Waals surface area contributed by atoms with Crippen molar-refractivity contribution in [3.63, 3.8) is 0 Å². The van der Waals surface area contributed by atoms with Crippen LogP contribution in [0.5, 0.6) is 0 Å². The lowest BCUT2D eigenvalue weighted by Gasteiger charge is -2.40. The quantitative estimate of drug-likeness (QED) is 0.902. The minimum atomic E-state index is 0.273. The highest BCUT2D eigenvalue weighted by atomic mass is 16.3. The largest absolute Gasteiger partial charge is 0.396 e. The summed E-state index contributed by atoms with van der Waals surface area (Å²) in [5, 5.41) is 9.15. The molecule has 1 atom stereocenters. The van der Waals surface area contributed by atoms with Gasteiger partial charge in [-0.15, -0.1) is 0 Å². The van der Waals surface area contributed by atoms with Crippen LogP contribution in [0.15, 0.2) is 24.3 Å². The number of nitrogens with zero attached hydrogens (tertiary/aromatic N) is 2. The van der Waals surface area contributed by atoms with Crippen molar-refractivity contribution in [2.75, 3.05) is 38.2 Å². The molecule has 1 heterocycles. The normalized spacial score (nSPS) is 21.1. The molecule has 0 bridgehead atoms. The topological polar surface area (TPSA) is 26.7 Å². The number of benzene rings is 1. The second kappa shape index (κ2) is 6.40. The Morgan fingerprint density at radius 2 is 1.89 bits per heavy atom. The summed E-state index contributed by atoms with van der Waals surface area (Å²) in [7, 11) is 2.15. The molecule has 19 heavy (non-hydrogen) atoms. The number of aliphatic hydroxyl groups excluding tert-OH is 1. The number of piperazine rings is 1. The monoisotopic (exact) mass is 262 g/mol. The maximum absolute atomic E-state index is 9.15. The molecule has 1 fully saturated rings. The number of rotatable bonds is 4. The van der Waals surface area contributed by atoms with Crippen LogP contribution in [0.4, 0.5) is 5.69 Å². The second-order valence-electron chi connectivity index (χ2n) is 5.84. The van der Waals surface area contributed by atoms with E-state index in [0.717, 1.165) is 26.1 Å². The van der Waals surface area contributed by atoms with Crippen molar-refractivity contribution in [1.82, 2.24) is 4.90 Å². The third kappa shape index (κ3) is 3.48. The van der Waals surface area contributed by atoms with Crippen molar-refractivity contribution >= 4 is 5.69 Å². The van der Waals surface area contributed by atoms with Crippen LogP contribution < -0.4 is 4.90 Å². The maximum Gasteiger partial charge on any atom is 0.0446 e. The van der Waals surface area contributed by atoms with Gasteiger partial charge in [-0.25, -0.2) is 0 Å². The molecule has 1 unspecified atom stereocenters. The molecule has 0 spiro atoms. The number of likely N-dealkylation sites (N-methyl/N-ethyl adjacent to an activating group) is 1. The Labute approximate surface area is 116 Å². The maximum atomic E-state index is 9.15. The van der Waals surface area contributed by atoms with E-state index in [0.29, 0.717) is 12.0 Å². The first-order valence-electron chi connectivity index (χ1n) is 7.28. The van der Waals surface area contributed by atoms with Crippen molar-refractivity contribution < 1.29 is 5.11 Å². The molecular formula is C16H26N2O. The summed E-state index contributed by atoms with van der Waals surface area (Å²) >= 11 is 0. The minimum absolute atomic E-state index is 0.273. The van der Waals surface area contributed by atoms with Crippen molar-refractivity contribution in [3.8, 4) is 0 Å².